The van der Waals surface area contributed by atoms with Crippen LogP contribution in [0.4, 0.5) is 0 Å². The summed E-state index contributed by atoms with van der Waals surface area (Å²) in [7, 11) is 0. The third-order valence-electron chi connectivity index (χ3n) is 6.10. The summed E-state index contributed by atoms with van der Waals surface area (Å²) < 4.78 is 0. The molecule has 0 unspecified atom stereocenters. The van der Waals surface area contributed by atoms with Gasteiger partial charge in [0.25, 0.3) is 0 Å². The SMILES string of the molecule is CCCc1ccc(-c2ccc(C=Cc3ccc(C[C@@H](C)c4ccccc4)cc3)cc2)cc1. The van der Waals surface area contributed by atoms with E-state index in [1.807, 2.05) is 0 Å². The Morgan fingerprint density at radius 3 is 1.66 bits per heavy atom. The van der Waals surface area contributed by atoms with Gasteiger partial charge in [-0.1, -0.05) is 136 Å². The summed E-state index contributed by atoms with van der Waals surface area (Å²) >= 11 is 0. The maximum Gasteiger partial charge on any atom is -0.0150 e. The van der Waals surface area contributed by atoms with E-state index in [0.29, 0.717) is 5.92 Å². The number of aryl methyl sites for hydroxylation is 1. The minimum Gasteiger partial charge on any atom is -0.0651 e. The first-order chi connectivity index (χ1) is 15.7. The third kappa shape index (κ3) is 5.86. The van der Waals surface area contributed by atoms with Gasteiger partial charge in [0.1, 0.15) is 0 Å². The fourth-order valence-electron chi connectivity index (χ4n) is 4.15. The van der Waals surface area contributed by atoms with Gasteiger partial charge in [0.2, 0.25) is 0 Å². The molecule has 0 amide bonds. The van der Waals surface area contributed by atoms with Crippen LogP contribution in [0.2, 0.25) is 0 Å². The highest BCUT2D eigenvalue weighted by atomic mass is 14.1. The fourth-order valence-corrected chi connectivity index (χ4v) is 4.15. The second-order valence-corrected chi connectivity index (χ2v) is 8.66. The lowest BCUT2D eigenvalue weighted by Gasteiger charge is -2.12. The predicted octanol–water partition coefficient (Wildman–Crippen LogP) is 8.82. The Bertz CT molecular complexity index is 1120. The summed E-state index contributed by atoms with van der Waals surface area (Å²) in [6.07, 6.45) is 7.79. The average molecular weight is 417 g/mol. The van der Waals surface area contributed by atoms with E-state index in [-0.39, 0.29) is 0 Å². The monoisotopic (exact) mass is 416 g/mol. The zero-order valence-corrected chi connectivity index (χ0v) is 19.2. The second-order valence-electron chi connectivity index (χ2n) is 8.66. The molecule has 0 aliphatic carbocycles. The van der Waals surface area contributed by atoms with Gasteiger partial charge in [-0.3, -0.25) is 0 Å². The first-order valence-corrected chi connectivity index (χ1v) is 11.7. The molecule has 0 nitrogen and oxygen atoms in total. The van der Waals surface area contributed by atoms with Crippen molar-refractivity contribution in [1.82, 2.24) is 0 Å². The predicted molar refractivity (Wildman–Crippen MR) is 140 cm³/mol. The Balaban J connectivity index is 1.36. The van der Waals surface area contributed by atoms with Crippen molar-refractivity contribution in [2.45, 2.75) is 39.0 Å². The van der Waals surface area contributed by atoms with Crippen LogP contribution in [0.15, 0.2) is 103 Å². The number of hydrogen-bond acceptors (Lipinski definition) is 0. The quantitative estimate of drug-likeness (QED) is 0.252. The van der Waals surface area contributed by atoms with E-state index >= 15 is 0 Å². The van der Waals surface area contributed by atoms with Gasteiger partial charge in [-0.2, -0.15) is 0 Å². The summed E-state index contributed by atoms with van der Waals surface area (Å²) in [4.78, 5) is 0. The van der Waals surface area contributed by atoms with Crippen molar-refractivity contribution in [3.05, 3.63) is 131 Å². The lowest BCUT2D eigenvalue weighted by Crippen LogP contribution is -1.98. The zero-order valence-electron chi connectivity index (χ0n) is 19.2. The lowest BCUT2D eigenvalue weighted by molar-refractivity contribution is 0.759. The molecule has 0 heterocycles. The molecule has 0 saturated heterocycles. The Labute approximate surface area is 193 Å². The molecule has 1 atom stereocenters. The van der Waals surface area contributed by atoms with Crippen molar-refractivity contribution < 1.29 is 0 Å². The molecule has 0 radical (unpaired) electrons. The van der Waals surface area contributed by atoms with Crippen LogP contribution in [-0.2, 0) is 12.8 Å². The summed E-state index contributed by atoms with van der Waals surface area (Å²) in [5, 5.41) is 0. The standard InChI is InChI=1S/C32H32/c1-3-7-26-16-20-31(21-17-26)32-22-18-28(19-23-32)11-10-27-12-14-29(15-13-27)24-25(2)30-8-5-4-6-9-30/h4-6,8-23,25H,3,7,24H2,1-2H3/t25-/m1/s1. The van der Waals surface area contributed by atoms with E-state index in [1.165, 1.54) is 45.4 Å². The van der Waals surface area contributed by atoms with Crippen molar-refractivity contribution in [3.8, 4) is 11.1 Å². The van der Waals surface area contributed by atoms with Crippen molar-refractivity contribution in [1.29, 1.82) is 0 Å². The van der Waals surface area contributed by atoms with Crippen LogP contribution < -0.4 is 0 Å². The molecule has 0 saturated carbocycles. The van der Waals surface area contributed by atoms with Crippen LogP contribution in [0, 0.1) is 0 Å². The zero-order chi connectivity index (χ0) is 22.2. The van der Waals surface area contributed by atoms with Crippen LogP contribution in [0.1, 0.15) is 54.0 Å². The van der Waals surface area contributed by atoms with E-state index in [0.717, 1.165) is 12.8 Å². The van der Waals surface area contributed by atoms with E-state index in [4.69, 9.17) is 0 Å². The maximum atomic E-state index is 2.30. The van der Waals surface area contributed by atoms with Crippen LogP contribution in [0.5, 0.6) is 0 Å². The highest BCUT2D eigenvalue weighted by molar-refractivity contribution is 5.72. The minimum absolute atomic E-state index is 0.527. The van der Waals surface area contributed by atoms with Gasteiger partial charge in [0.05, 0.1) is 0 Å². The van der Waals surface area contributed by atoms with Gasteiger partial charge in [-0.05, 0) is 57.7 Å². The molecule has 0 aromatic heterocycles. The van der Waals surface area contributed by atoms with E-state index in [2.05, 4.69) is 129 Å². The molecule has 0 heteroatoms. The van der Waals surface area contributed by atoms with E-state index in [9.17, 15) is 0 Å². The molecule has 0 spiro atoms. The van der Waals surface area contributed by atoms with Crippen molar-refractivity contribution >= 4 is 12.2 Å². The van der Waals surface area contributed by atoms with Crippen LogP contribution in [-0.4, -0.2) is 0 Å². The smallest absolute Gasteiger partial charge is 0.0150 e. The molecule has 4 aromatic rings. The Morgan fingerprint density at radius 1 is 0.594 bits per heavy atom. The topological polar surface area (TPSA) is 0 Å². The third-order valence-corrected chi connectivity index (χ3v) is 6.10. The molecule has 160 valence electrons. The summed E-state index contributed by atoms with van der Waals surface area (Å²) in [5.41, 5.74) is 9.19. The van der Waals surface area contributed by atoms with Gasteiger partial charge < -0.3 is 0 Å². The molecule has 4 aromatic carbocycles. The van der Waals surface area contributed by atoms with E-state index < -0.39 is 0 Å². The fraction of sp³-hybridized carbons (Fsp3) is 0.188. The maximum absolute atomic E-state index is 2.30. The van der Waals surface area contributed by atoms with Crippen molar-refractivity contribution in [2.24, 2.45) is 0 Å². The number of benzene rings is 4. The van der Waals surface area contributed by atoms with Crippen LogP contribution in [0.3, 0.4) is 0 Å². The molecule has 0 aliphatic rings. The van der Waals surface area contributed by atoms with Gasteiger partial charge in [0.15, 0.2) is 0 Å². The summed E-state index contributed by atoms with van der Waals surface area (Å²) in [5.74, 6) is 0.527. The van der Waals surface area contributed by atoms with Crippen molar-refractivity contribution in [3.63, 3.8) is 0 Å². The first-order valence-electron chi connectivity index (χ1n) is 11.7. The minimum atomic E-state index is 0.527. The largest absolute Gasteiger partial charge is 0.0651 e. The summed E-state index contributed by atoms with van der Waals surface area (Å²) in [6.45, 7) is 4.52. The highest BCUT2D eigenvalue weighted by Gasteiger charge is 2.06. The molecule has 0 N–H and O–H groups in total. The Hall–Kier alpha value is -3.38. The molecule has 32 heavy (non-hydrogen) atoms. The highest BCUT2D eigenvalue weighted by Crippen LogP contribution is 2.23. The molecule has 0 aliphatic heterocycles. The van der Waals surface area contributed by atoms with Gasteiger partial charge in [-0.25, -0.2) is 0 Å². The first kappa shape index (κ1) is 21.8. The number of rotatable bonds is 8. The summed E-state index contributed by atoms with van der Waals surface area (Å²) in [6, 6.07) is 37.5. The van der Waals surface area contributed by atoms with Crippen LogP contribution >= 0.6 is 0 Å². The van der Waals surface area contributed by atoms with Gasteiger partial charge in [-0.15, -0.1) is 0 Å². The molecule has 4 rings (SSSR count). The van der Waals surface area contributed by atoms with Crippen LogP contribution in [0.25, 0.3) is 23.3 Å². The second kappa shape index (κ2) is 10.8. The molecular formula is C32H32. The normalized spacial score (nSPS) is 12.2. The Kier molecular flexibility index (Phi) is 7.35. The van der Waals surface area contributed by atoms with Crippen molar-refractivity contribution in [2.75, 3.05) is 0 Å². The molecule has 0 bridgehead atoms. The molecule has 0 fully saturated rings. The Morgan fingerprint density at radius 2 is 1.09 bits per heavy atom. The number of hydrogen-bond donors (Lipinski definition) is 0. The van der Waals surface area contributed by atoms with E-state index in [1.54, 1.807) is 0 Å². The average Bonchev–Trinajstić information content (AvgIpc) is 2.85. The van der Waals surface area contributed by atoms with Gasteiger partial charge in [0, 0.05) is 0 Å². The van der Waals surface area contributed by atoms with Gasteiger partial charge >= 0.3 is 0 Å². The molecular weight excluding hydrogens is 384 g/mol. The lowest BCUT2D eigenvalue weighted by atomic mass is 9.93.